The van der Waals surface area contributed by atoms with Crippen LogP contribution in [0.4, 0.5) is 5.69 Å². The van der Waals surface area contributed by atoms with Crippen LogP contribution < -0.4 is 4.74 Å². The van der Waals surface area contributed by atoms with Gasteiger partial charge in [-0.3, -0.25) is 9.69 Å². The molecule has 3 rings (SSSR count). The Hall–Kier alpha value is -2.57. The average molecular weight is 382 g/mol. The van der Waals surface area contributed by atoms with E-state index in [2.05, 4.69) is 4.99 Å². The van der Waals surface area contributed by atoms with Crippen LogP contribution in [0, 0.1) is 0 Å². The van der Waals surface area contributed by atoms with Crippen molar-refractivity contribution < 1.29 is 14.3 Å². The molecule has 0 unspecified atom stereocenters. The molecular weight excluding hydrogens is 360 g/mol. The summed E-state index contributed by atoms with van der Waals surface area (Å²) < 4.78 is 10.6. The third kappa shape index (κ3) is 4.99. The van der Waals surface area contributed by atoms with Crippen molar-refractivity contribution in [2.24, 2.45) is 4.99 Å². The Bertz CT molecular complexity index is 832. The van der Waals surface area contributed by atoms with Gasteiger partial charge in [-0.05, 0) is 54.6 Å². The van der Waals surface area contributed by atoms with Crippen LogP contribution in [-0.2, 0) is 9.53 Å². The number of para-hydroxylation sites is 1. The van der Waals surface area contributed by atoms with Crippen molar-refractivity contribution in [3.8, 4) is 5.75 Å². The number of hydrogen-bond donors (Lipinski definition) is 0. The molecule has 0 N–H and O–H groups in total. The summed E-state index contributed by atoms with van der Waals surface area (Å²) in [5.74, 6) is 0.763. The molecular formula is C21H22N2O3S. The number of methoxy groups -OCH3 is 1. The Kier molecular flexibility index (Phi) is 6.68. The number of benzene rings is 2. The summed E-state index contributed by atoms with van der Waals surface area (Å²) in [6.07, 6.45) is 1.88. The van der Waals surface area contributed by atoms with E-state index in [4.69, 9.17) is 9.47 Å². The van der Waals surface area contributed by atoms with E-state index in [1.807, 2.05) is 67.6 Å². The molecule has 0 saturated carbocycles. The summed E-state index contributed by atoms with van der Waals surface area (Å²) >= 11 is 1.38. The summed E-state index contributed by atoms with van der Waals surface area (Å²) in [5, 5.41) is 0.667. The fourth-order valence-corrected chi connectivity index (χ4v) is 3.59. The Labute approximate surface area is 163 Å². The molecule has 1 heterocycles. The number of carbonyl (C=O) groups is 1. The maximum atomic E-state index is 12.9. The van der Waals surface area contributed by atoms with E-state index in [9.17, 15) is 4.79 Å². The molecule has 5 nitrogen and oxygen atoms in total. The van der Waals surface area contributed by atoms with Gasteiger partial charge < -0.3 is 9.47 Å². The summed E-state index contributed by atoms with van der Waals surface area (Å²) in [7, 11) is 1.62. The zero-order valence-corrected chi connectivity index (χ0v) is 16.2. The molecule has 0 aliphatic carbocycles. The maximum absolute atomic E-state index is 12.9. The fourth-order valence-electron chi connectivity index (χ4n) is 2.56. The van der Waals surface area contributed by atoms with E-state index in [0.29, 0.717) is 29.8 Å². The number of carbonyl (C=O) groups excluding carboxylic acids is 1. The van der Waals surface area contributed by atoms with Crippen molar-refractivity contribution in [2.75, 3.05) is 26.9 Å². The Morgan fingerprint density at radius 2 is 1.85 bits per heavy atom. The minimum absolute atomic E-state index is 0.0550. The predicted octanol–water partition coefficient (Wildman–Crippen LogP) is 4.34. The zero-order chi connectivity index (χ0) is 19.1. The van der Waals surface area contributed by atoms with Gasteiger partial charge >= 0.3 is 0 Å². The van der Waals surface area contributed by atoms with Gasteiger partial charge in [-0.25, -0.2) is 4.99 Å². The van der Waals surface area contributed by atoms with Crippen LogP contribution in [0.5, 0.6) is 5.75 Å². The minimum atomic E-state index is -0.0550. The summed E-state index contributed by atoms with van der Waals surface area (Å²) in [4.78, 5) is 19.8. The van der Waals surface area contributed by atoms with Crippen LogP contribution in [0.15, 0.2) is 64.5 Å². The highest BCUT2D eigenvalue weighted by molar-refractivity contribution is 8.18. The highest BCUT2D eigenvalue weighted by Gasteiger charge is 2.33. The lowest BCUT2D eigenvalue weighted by Gasteiger charge is -2.14. The molecule has 0 atom stereocenters. The smallest absolute Gasteiger partial charge is 0.266 e. The van der Waals surface area contributed by atoms with E-state index in [-0.39, 0.29) is 5.91 Å². The molecule has 0 aromatic heterocycles. The van der Waals surface area contributed by atoms with Crippen LogP contribution in [0.2, 0.25) is 0 Å². The molecule has 1 fully saturated rings. The van der Waals surface area contributed by atoms with Gasteiger partial charge in [0.25, 0.3) is 5.91 Å². The van der Waals surface area contributed by atoms with E-state index in [1.54, 1.807) is 12.0 Å². The Morgan fingerprint density at radius 1 is 1.11 bits per heavy atom. The van der Waals surface area contributed by atoms with Gasteiger partial charge in [0.05, 0.1) is 30.4 Å². The quantitative estimate of drug-likeness (QED) is 0.669. The Balaban J connectivity index is 1.86. The lowest BCUT2D eigenvalue weighted by molar-refractivity contribution is -0.122. The van der Waals surface area contributed by atoms with Crippen LogP contribution in [-0.4, -0.2) is 42.8 Å². The topological polar surface area (TPSA) is 51.1 Å². The van der Waals surface area contributed by atoms with Crippen LogP contribution in [0.25, 0.3) is 6.08 Å². The lowest BCUT2D eigenvalue weighted by atomic mass is 10.2. The number of amides is 1. The van der Waals surface area contributed by atoms with Crippen LogP contribution in [0.3, 0.4) is 0 Å². The number of aliphatic imine (C=N–C) groups is 1. The summed E-state index contributed by atoms with van der Waals surface area (Å²) in [6, 6.07) is 17.3. The Morgan fingerprint density at radius 3 is 2.52 bits per heavy atom. The van der Waals surface area contributed by atoms with Gasteiger partial charge in [-0.2, -0.15) is 0 Å². The van der Waals surface area contributed by atoms with E-state index < -0.39 is 0 Å². The number of thioether (sulfide) groups is 1. The number of amidine groups is 1. The van der Waals surface area contributed by atoms with Crippen LogP contribution in [0.1, 0.15) is 12.5 Å². The first-order valence-corrected chi connectivity index (χ1v) is 9.60. The molecule has 2 aromatic rings. The highest BCUT2D eigenvalue weighted by Crippen LogP contribution is 2.34. The van der Waals surface area contributed by atoms with Crippen molar-refractivity contribution in [3.05, 3.63) is 65.1 Å². The minimum Gasteiger partial charge on any atom is -0.494 e. The van der Waals surface area contributed by atoms with E-state index in [1.165, 1.54) is 11.8 Å². The SMILES string of the molecule is CCOc1ccc(C=C2SC(=Nc3ccccc3)N(CCOC)C2=O)cc1. The van der Waals surface area contributed by atoms with Crippen molar-refractivity contribution in [1.29, 1.82) is 0 Å². The van der Waals surface area contributed by atoms with Crippen LogP contribution >= 0.6 is 11.8 Å². The predicted molar refractivity (Wildman–Crippen MR) is 110 cm³/mol. The second-order valence-corrected chi connectivity index (χ2v) is 6.80. The molecule has 2 aromatic carbocycles. The second-order valence-electron chi connectivity index (χ2n) is 5.79. The number of rotatable bonds is 7. The molecule has 27 heavy (non-hydrogen) atoms. The van der Waals surface area contributed by atoms with Gasteiger partial charge in [0.1, 0.15) is 5.75 Å². The van der Waals surface area contributed by atoms with Gasteiger partial charge in [-0.1, -0.05) is 30.3 Å². The molecule has 1 aliphatic rings. The van der Waals surface area contributed by atoms with Gasteiger partial charge in [-0.15, -0.1) is 0 Å². The zero-order valence-electron chi connectivity index (χ0n) is 15.4. The molecule has 1 aliphatic heterocycles. The molecule has 0 radical (unpaired) electrons. The third-order valence-electron chi connectivity index (χ3n) is 3.88. The van der Waals surface area contributed by atoms with E-state index >= 15 is 0 Å². The molecule has 0 bridgehead atoms. The first-order chi connectivity index (χ1) is 13.2. The lowest BCUT2D eigenvalue weighted by Crippen LogP contribution is -2.32. The first kappa shape index (κ1) is 19.2. The first-order valence-electron chi connectivity index (χ1n) is 8.78. The monoisotopic (exact) mass is 382 g/mol. The highest BCUT2D eigenvalue weighted by atomic mass is 32.2. The number of ether oxygens (including phenoxy) is 2. The third-order valence-corrected chi connectivity index (χ3v) is 4.88. The summed E-state index contributed by atoms with van der Waals surface area (Å²) in [5.41, 5.74) is 1.76. The number of hydrogen-bond acceptors (Lipinski definition) is 5. The van der Waals surface area contributed by atoms with E-state index in [0.717, 1.165) is 17.0 Å². The average Bonchev–Trinajstić information content (AvgIpc) is 2.97. The van der Waals surface area contributed by atoms with Crippen molar-refractivity contribution in [1.82, 2.24) is 4.90 Å². The van der Waals surface area contributed by atoms with Gasteiger partial charge in [0.15, 0.2) is 5.17 Å². The fraction of sp³-hybridized carbons (Fsp3) is 0.238. The molecule has 1 saturated heterocycles. The normalized spacial score (nSPS) is 17.1. The second kappa shape index (κ2) is 9.39. The van der Waals surface area contributed by atoms with Crippen molar-refractivity contribution >= 4 is 34.6 Å². The molecule has 6 heteroatoms. The largest absolute Gasteiger partial charge is 0.494 e. The molecule has 0 spiro atoms. The van der Waals surface area contributed by atoms with Gasteiger partial charge in [0, 0.05) is 7.11 Å². The van der Waals surface area contributed by atoms with Gasteiger partial charge in [0.2, 0.25) is 0 Å². The molecule has 1 amide bonds. The van der Waals surface area contributed by atoms with Crippen molar-refractivity contribution in [3.63, 3.8) is 0 Å². The maximum Gasteiger partial charge on any atom is 0.266 e. The summed E-state index contributed by atoms with van der Waals surface area (Å²) in [6.45, 7) is 3.50. The standard InChI is InChI=1S/C21H22N2O3S/c1-3-26-18-11-9-16(10-12-18)15-19-20(24)23(13-14-25-2)21(27-19)22-17-7-5-4-6-8-17/h4-12,15H,3,13-14H2,1-2H3. The molecule has 140 valence electrons. The number of nitrogens with zero attached hydrogens (tertiary/aromatic N) is 2. The van der Waals surface area contributed by atoms with Crippen molar-refractivity contribution in [2.45, 2.75) is 6.92 Å².